The van der Waals surface area contributed by atoms with Crippen LogP contribution in [0.15, 0.2) is 24.3 Å². The predicted molar refractivity (Wildman–Crippen MR) is 81.0 cm³/mol. The second-order valence-corrected chi connectivity index (χ2v) is 5.25. The minimum Gasteiger partial charge on any atom is -0.467 e. The lowest BCUT2D eigenvalue weighted by Crippen LogP contribution is -2.61. The lowest BCUT2D eigenvalue weighted by Gasteiger charge is -2.41. The molecule has 1 aromatic rings. The summed E-state index contributed by atoms with van der Waals surface area (Å²) in [6.07, 6.45) is -6.20. The number of aliphatic hydroxyl groups excluding tert-OH is 3. The molecule has 5 atom stereocenters. The van der Waals surface area contributed by atoms with Crippen LogP contribution in [0.25, 0.3) is 0 Å². The summed E-state index contributed by atoms with van der Waals surface area (Å²) in [7, 11) is 1.19. The molecule has 0 amide bonds. The summed E-state index contributed by atoms with van der Waals surface area (Å²) < 4.78 is 20.5. The minimum absolute atomic E-state index is 0.369. The lowest BCUT2D eigenvalue weighted by molar-refractivity contribution is -0.285. The number of nitrogens with two attached hydrogens (primary N) is 1. The van der Waals surface area contributed by atoms with Gasteiger partial charge in [0.25, 0.3) is 0 Å². The number of hydrogen-bond donors (Lipinski definition) is 4. The first-order valence-electron chi connectivity index (χ1n) is 7.29. The van der Waals surface area contributed by atoms with Gasteiger partial charge in [-0.05, 0) is 24.3 Å². The van der Waals surface area contributed by atoms with E-state index in [1.807, 2.05) is 0 Å². The molecule has 1 aliphatic rings. The number of esters is 1. The van der Waals surface area contributed by atoms with Crippen molar-refractivity contribution in [3.63, 3.8) is 0 Å². The van der Waals surface area contributed by atoms with E-state index < -0.39 is 49.9 Å². The summed E-state index contributed by atoms with van der Waals surface area (Å²) in [4.78, 5) is 11.2. The molecular formula is C15H21NO8. The summed E-state index contributed by atoms with van der Waals surface area (Å²) in [6, 6.07) is 6.37. The second-order valence-electron chi connectivity index (χ2n) is 5.25. The molecule has 0 aromatic heterocycles. The van der Waals surface area contributed by atoms with Crippen molar-refractivity contribution in [1.29, 1.82) is 0 Å². The first-order valence-corrected chi connectivity index (χ1v) is 7.29. The quantitative estimate of drug-likeness (QED) is 0.364. The van der Waals surface area contributed by atoms with Crippen molar-refractivity contribution in [3.05, 3.63) is 24.3 Å². The van der Waals surface area contributed by atoms with E-state index in [0.29, 0.717) is 11.4 Å². The molecule has 0 aliphatic carbocycles. The van der Waals surface area contributed by atoms with E-state index in [1.165, 1.54) is 7.11 Å². The van der Waals surface area contributed by atoms with Crippen LogP contribution in [0.1, 0.15) is 0 Å². The first kappa shape index (κ1) is 18.4. The van der Waals surface area contributed by atoms with Gasteiger partial charge in [0.1, 0.15) is 36.8 Å². The molecule has 0 saturated carbocycles. The van der Waals surface area contributed by atoms with E-state index in [9.17, 15) is 20.1 Å². The number of nitrogen functional groups attached to an aromatic ring is 1. The fourth-order valence-corrected chi connectivity index (χ4v) is 2.25. The summed E-state index contributed by atoms with van der Waals surface area (Å²) >= 11 is 0. The normalized spacial score (nSPS) is 29.9. The van der Waals surface area contributed by atoms with Crippen LogP contribution in [0.5, 0.6) is 5.75 Å². The zero-order valence-electron chi connectivity index (χ0n) is 13.1. The Hall–Kier alpha value is -1.91. The maximum Gasteiger partial charge on any atom is 0.331 e. The van der Waals surface area contributed by atoms with Gasteiger partial charge >= 0.3 is 5.97 Å². The van der Waals surface area contributed by atoms with Gasteiger partial charge in [0, 0.05) is 5.69 Å². The highest BCUT2D eigenvalue weighted by Crippen LogP contribution is 2.26. The summed E-state index contributed by atoms with van der Waals surface area (Å²) in [5.74, 6) is -0.300. The van der Waals surface area contributed by atoms with Crippen LogP contribution >= 0.6 is 0 Å². The molecule has 1 fully saturated rings. The van der Waals surface area contributed by atoms with Gasteiger partial charge in [-0.25, -0.2) is 4.79 Å². The Morgan fingerprint density at radius 2 is 1.92 bits per heavy atom. The summed E-state index contributed by atoms with van der Waals surface area (Å²) in [5, 5.41) is 29.8. The summed E-state index contributed by atoms with van der Waals surface area (Å²) in [6.45, 7) is -0.990. The van der Waals surface area contributed by atoms with Crippen LogP contribution in [0.4, 0.5) is 5.69 Å². The average Bonchev–Trinajstić information content (AvgIpc) is 2.58. The third-order valence-corrected chi connectivity index (χ3v) is 3.58. The zero-order chi connectivity index (χ0) is 17.7. The molecule has 1 aromatic carbocycles. The van der Waals surface area contributed by atoms with Crippen molar-refractivity contribution in [2.75, 3.05) is 26.1 Å². The van der Waals surface area contributed by atoms with Crippen LogP contribution in [0.3, 0.4) is 0 Å². The van der Waals surface area contributed by atoms with Crippen molar-refractivity contribution >= 4 is 11.7 Å². The van der Waals surface area contributed by atoms with Gasteiger partial charge in [-0.1, -0.05) is 0 Å². The Labute approximate surface area is 138 Å². The molecule has 1 saturated heterocycles. The first-order chi connectivity index (χ1) is 11.5. The number of rotatable bonds is 6. The molecule has 0 radical (unpaired) electrons. The molecule has 2 rings (SSSR count). The molecule has 1 heterocycles. The smallest absolute Gasteiger partial charge is 0.331 e. The minimum atomic E-state index is -1.40. The number of benzene rings is 1. The van der Waals surface area contributed by atoms with Crippen LogP contribution in [0.2, 0.25) is 0 Å². The fraction of sp³-hybridized carbons (Fsp3) is 0.533. The van der Waals surface area contributed by atoms with Crippen LogP contribution < -0.4 is 10.5 Å². The van der Waals surface area contributed by atoms with Crippen molar-refractivity contribution in [2.45, 2.75) is 30.7 Å². The zero-order valence-corrected chi connectivity index (χ0v) is 13.1. The van der Waals surface area contributed by atoms with E-state index >= 15 is 0 Å². The Morgan fingerprint density at radius 1 is 1.25 bits per heavy atom. The van der Waals surface area contributed by atoms with Gasteiger partial charge in [0.2, 0.25) is 6.29 Å². The number of anilines is 1. The van der Waals surface area contributed by atoms with E-state index in [-0.39, 0.29) is 0 Å². The predicted octanol–water partition coefficient (Wildman–Crippen LogP) is -1.36. The fourth-order valence-electron chi connectivity index (χ4n) is 2.25. The number of ether oxygens (including phenoxy) is 4. The number of aliphatic hydroxyl groups is 3. The molecule has 0 unspecified atom stereocenters. The molecule has 1 aliphatic heterocycles. The highest BCUT2D eigenvalue weighted by molar-refractivity contribution is 5.70. The average molecular weight is 343 g/mol. The molecule has 134 valence electrons. The van der Waals surface area contributed by atoms with E-state index in [0.717, 1.165) is 0 Å². The van der Waals surface area contributed by atoms with Crippen molar-refractivity contribution < 1.29 is 39.1 Å². The van der Waals surface area contributed by atoms with Gasteiger partial charge in [-0.2, -0.15) is 0 Å². The highest BCUT2D eigenvalue weighted by atomic mass is 16.7. The molecule has 0 bridgehead atoms. The Bertz CT molecular complexity index is 537. The van der Waals surface area contributed by atoms with Crippen molar-refractivity contribution in [2.24, 2.45) is 0 Å². The van der Waals surface area contributed by atoms with Crippen molar-refractivity contribution in [3.8, 4) is 5.75 Å². The maximum absolute atomic E-state index is 11.2. The van der Waals surface area contributed by atoms with Gasteiger partial charge in [-0.15, -0.1) is 0 Å². The number of methoxy groups -OCH3 is 1. The number of carbonyl (C=O) groups is 1. The Morgan fingerprint density at radius 3 is 2.50 bits per heavy atom. The molecule has 5 N–H and O–H groups in total. The van der Waals surface area contributed by atoms with Crippen LogP contribution in [-0.4, -0.2) is 72.3 Å². The standard InChI is InChI=1S/C15H21NO8/c1-21-11(18)7-22-14-12(19)10(6-17)24-15(13(14)20)23-9-4-2-8(16)3-5-9/h2-5,10,12-15,17,19-20H,6-7,16H2,1H3/t10-,12+,13-,14+,15-/m1/s1. The van der Waals surface area contributed by atoms with Gasteiger partial charge in [0.05, 0.1) is 13.7 Å². The van der Waals surface area contributed by atoms with Gasteiger partial charge in [0.15, 0.2) is 0 Å². The van der Waals surface area contributed by atoms with Gasteiger partial charge < -0.3 is 40.0 Å². The monoisotopic (exact) mass is 343 g/mol. The molecule has 9 heteroatoms. The Kier molecular flexibility index (Phi) is 6.35. The van der Waals surface area contributed by atoms with E-state index in [2.05, 4.69) is 4.74 Å². The topological polar surface area (TPSA) is 141 Å². The van der Waals surface area contributed by atoms with Crippen LogP contribution in [0, 0.1) is 0 Å². The largest absolute Gasteiger partial charge is 0.467 e. The molecule has 9 nitrogen and oxygen atoms in total. The lowest BCUT2D eigenvalue weighted by atomic mass is 9.99. The molecule has 0 spiro atoms. The third kappa shape index (κ3) is 4.34. The van der Waals surface area contributed by atoms with Crippen molar-refractivity contribution in [1.82, 2.24) is 0 Å². The molecular weight excluding hydrogens is 322 g/mol. The molecule has 24 heavy (non-hydrogen) atoms. The summed E-state index contributed by atoms with van der Waals surface area (Å²) in [5.41, 5.74) is 6.12. The van der Waals surface area contributed by atoms with Crippen LogP contribution in [-0.2, 0) is 19.0 Å². The van der Waals surface area contributed by atoms with E-state index in [4.69, 9.17) is 19.9 Å². The third-order valence-electron chi connectivity index (χ3n) is 3.58. The number of hydrogen-bond acceptors (Lipinski definition) is 9. The SMILES string of the molecule is COC(=O)CO[C@H]1[C@@H](O)[C@@H](CO)O[C@@H](Oc2ccc(N)cc2)[C@@H]1O. The number of carbonyl (C=O) groups excluding carboxylic acids is 1. The van der Waals surface area contributed by atoms with E-state index in [1.54, 1.807) is 24.3 Å². The highest BCUT2D eigenvalue weighted by Gasteiger charge is 2.46. The maximum atomic E-state index is 11.2. The Balaban J connectivity index is 2.09. The van der Waals surface area contributed by atoms with Gasteiger partial charge in [-0.3, -0.25) is 0 Å². The second kappa shape index (κ2) is 8.27.